The predicted molar refractivity (Wildman–Crippen MR) is 122 cm³/mol. The molecule has 0 aliphatic carbocycles. The zero-order chi connectivity index (χ0) is 22.0. The van der Waals surface area contributed by atoms with E-state index in [4.69, 9.17) is 11.5 Å². The van der Waals surface area contributed by atoms with Crippen LogP contribution in [0.2, 0.25) is 0 Å². The van der Waals surface area contributed by atoms with Crippen molar-refractivity contribution in [2.24, 2.45) is 5.73 Å². The van der Waals surface area contributed by atoms with Gasteiger partial charge < -0.3 is 26.5 Å². The van der Waals surface area contributed by atoms with Crippen molar-refractivity contribution in [1.82, 2.24) is 14.9 Å². The molecule has 2 aromatic heterocycles. The Bertz CT molecular complexity index is 1140. The molecule has 0 saturated carbocycles. The number of carbonyl (C=O) groups excluding carboxylic acids is 1. The number of aromatic amines is 1. The summed E-state index contributed by atoms with van der Waals surface area (Å²) < 4.78 is 0. The number of aromatic hydroxyl groups is 1. The van der Waals surface area contributed by atoms with Crippen LogP contribution in [0.5, 0.6) is 5.75 Å². The van der Waals surface area contributed by atoms with Crippen LogP contribution in [-0.2, 0) is 4.79 Å². The van der Waals surface area contributed by atoms with Gasteiger partial charge in [-0.05, 0) is 42.5 Å². The van der Waals surface area contributed by atoms with E-state index in [1.165, 1.54) is 6.08 Å². The first-order valence-electron chi connectivity index (χ1n) is 10.0. The quantitative estimate of drug-likeness (QED) is 0.477. The highest BCUT2D eigenvalue weighted by Crippen LogP contribution is 2.40. The average molecular weight is 415 g/mol. The Morgan fingerprint density at radius 3 is 2.65 bits per heavy atom. The van der Waals surface area contributed by atoms with E-state index < -0.39 is 0 Å². The number of phenols is 1. The van der Waals surface area contributed by atoms with Gasteiger partial charge in [-0.2, -0.15) is 0 Å². The topological polar surface area (TPSA) is 121 Å². The Morgan fingerprint density at radius 1 is 1.19 bits per heavy atom. The molecule has 3 aromatic rings. The van der Waals surface area contributed by atoms with E-state index in [0.717, 1.165) is 17.0 Å². The van der Waals surface area contributed by atoms with Crippen molar-refractivity contribution in [1.29, 1.82) is 0 Å². The highest BCUT2D eigenvalue weighted by molar-refractivity contribution is 5.87. The molecule has 158 valence electrons. The SMILES string of the molecule is C=CC(=O)N1CC(c2ccccn2)C(c2cc(/C=C(\N)c3ccccc3O)c(N)[nH]2)C1. The maximum atomic E-state index is 12.3. The molecule has 1 saturated heterocycles. The van der Waals surface area contributed by atoms with E-state index in [2.05, 4.69) is 16.5 Å². The second kappa shape index (κ2) is 8.39. The molecule has 1 aliphatic heterocycles. The summed E-state index contributed by atoms with van der Waals surface area (Å²) in [6.07, 6.45) is 4.83. The summed E-state index contributed by atoms with van der Waals surface area (Å²) in [5, 5.41) is 10.1. The first-order chi connectivity index (χ1) is 15.0. The van der Waals surface area contributed by atoms with Gasteiger partial charge in [0, 0.05) is 59.3 Å². The number of hydrogen-bond donors (Lipinski definition) is 4. The van der Waals surface area contributed by atoms with Crippen LogP contribution in [0.4, 0.5) is 5.82 Å². The van der Waals surface area contributed by atoms with Crippen LogP contribution in [0.25, 0.3) is 11.8 Å². The number of carbonyl (C=O) groups is 1. The number of hydrogen-bond acceptors (Lipinski definition) is 5. The van der Waals surface area contributed by atoms with E-state index in [1.807, 2.05) is 30.3 Å². The number of anilines is 1. The van der Waals surface area contributed by atoms with Crippen LogP contribution in [0, 0.1) is 0 Å². The summed E-state index contributed by atoms with van der Waals surface area (Å²) in [6.45, 7) is 4.69. The van der Waals surface area contributed by atoms with Gasteiger partial charge in [0.1, 0.15) is 11.6 Å². The fourth-order valence-corrected chi connectivity index (χ4v) is 4.11. The van der Waals surface area contributed by atoms with Crippen molar-refractivity contribution in [2.45, 2.75) is 11.8 Å². The van der Waals surface area contributed by atoms with Crippen LogP contribution in [0.15, 0.2) is 67.4 Å². The van der Waals surface area contributed by atoms with Crippen molar-refractivity contribution < 1.29 is 9.90 Å². The van der Waals surface area contributed by atoms with Gasteiger partial charge in [0.05, 0.1) is 0 Å². The Kier molecular flexibility index (Phi) is 5.49. The van der Waals surface area contributed by atoms with Gasteiger partial charge in [-0.1, -0.05) is 24.8 Å². The van der Waals surface area contributed by atoms with Gasteiger partial charge >= 0.3 is 0 Å². The minimum atomic E-state index is -0.105. The zero-order valence-electron chi connectivity index (χ0n) is 17.0. The normalized spacial score (nSPS) is 18.8. The van der Waals surface area contributed by atoms with E-state index in [-0.39, 0.29) is 23.5 Å². The molecular weight excluding hydrogens is 390 g/mol. The van der Waals surface area contributed by atoms with E-state index >= 15 is 0 Å². The monoisotopic (exact) mass is 415 g/mol. The van der Waals surface area contributed by atoms with Crippen molar-refractivity contribution in [3.63, 3.8) is 0 Å². The number of phenolic OH excluding ortho intramolecular Hbond substituents is 1. The lowest BCUT2D eigenvalue weighted by Crippen LogP contribution is -2.26. The van der Waals surface area contributed by atoms with E-state index in [9.17, 15) is 9.90 Å². The molecule has 0 radical (unpaired) electrons. The molecule has 1 amide bonds. The van der Waals surface area contributed by atoms with Crippen LogP contribution in [0.1, 0.15) is 34.4 Å². The zero-order valence-corrected chi connectivity index (χ0v) is 17.0. The first kappa shape index (κ1) is 20.3. The number of nitrogens with zero attached hydrogens (tertiary/aromatic N) is 2. The number of rotatable bonds is 5. The van der Waals surface area contributed by atoms with Crippen LogP contribution in [0.3, 0.4) is 0 Å². The Morgan fingerprint density at radius 2 is 1.94 bits per heavy atom. The number of nitrogens with one attached hydrogen (secondary N) is 1. The van der Waals surface area contributed by atoms with E-state index in [1.54, 1.807) is 35.4 Å². The molecule has 1 fully saturated rings. The number of H-pyrrole nitrogens is 1. The lowest BCUT2D eigenvalue weighted by atomic mass is 9.89. The molecule has 3 heterocycles. The van der Waals surface area contributed by atoms with Crippen LogP contribution >= 0.6 is 0 Å². The molecule has 7 nitrogen and oxygen atoms in total. The van der Waals surface area contributed by atoms with Gasteiger partial charge in [0.15, 0.2) is 0 Å². The van der Waals surface area contributed by atoms with Gasteiger partial charge in [0.25, 0.3) is 0 Å². The summed E-state index contributed by atoms with van der Waals surface area (Å²) in [5.74, 6) is 0.494. The first-order valence-corrected chi connectivity index (χ1v) is 10.0. The molecule has 31 heavy (non-hydrogen) atoms. The van der Waals surface area contributed by atoms with Crippen molar-refractivity contribution in [3.8, 4) is 5.75 Å². The molecule has 0 spiro atoms. The van der Waals surface area contributed by atoms with Crippen molar-refractivity contribution in [3.05, 3.63) is 89.9 Å². The van der Waals surface area contributed by atoms with Gasteiger partial charge in [-0.3, -0.25) is 9.78 Å². The molecule has 1 aromatic carbocycles. The fraction of sp³-hybridized carbons (Fsp3) is 0.167. The maximum Gasteiger partial charge on any atom is 0.245 e. The summed E-state index contributed by atoms with van der Waals surface area (Å²) in [5.41, 5.74) is 16.0. The molecule has 4 rings (SSSR count). The Hall–Kier alpha value is -4.00. The highest BCUT2D eigenvalue weighted by atomic mass is 16.3. The summed E-state index contributed by atoms with van der Waals surface area (Å²) in [6, 6.07) is 14.6. The number of nitrogen functional groups attached to an aromatic ring is 1. The summed E-state index contributed by atoms with van der Waals surface area (Å²) in [4.78, 5) is 21.8. The average Bonchev–Trinajstić information content (AvgIpc) is 3.38. The highest BCUT2D eigenvalue weighted by Gasteiger charge is 2.38. The van der Waals surface area contributed by atoms with Gasteiger partial charge in [-0.25, -0.2) is 0 Å². The number of likely N-dealkylation sites (tertiary alicyclic amines) is 1. The standard InChI is InChI=1S/C24H25N5O2/c1-2-23(31)29-13-17(20-8-5-6-10-27-20)18(14-29)21-12-15(24(26)28-21)11-19(25)16-7-3-4-9-22(16)30/h2-12,17-18,28,30H,1,13-14,25-26H2/b19-11-. The Balaban J connectivity index is 1.68. The molecule has 2 unspecified atom stereocenters. The summed E-state index contributed by atoms with van der Waals surface area (Å²) in [7, 11) is 0. The predicted octanol–water partition coefficient (Wildman–Crippen LogP) is 3.05. The summed E-state index contributed by atoms with van der Waals surface area (Å²) >= 11 is 0. The number of aromatic nitrogens is 2. The Labute approximate surface area is 180 Å². The third kappa shape index (κ3) is 4.02. The number of para-hydroxylation sites is 1. The number of benzene rings is 1. The van der Waals surface area contributed by atoms with Crippen molar-refractivity contribution >= 4 is 23.5 Å². The second-order valence-electron chi connectivity index (χ2n) is 7.63. The largest absolute Gasteiger partial charge is 0.507 e. The number of pyridine rings is 1. The molecule has 7 heteroatoms. The second-order valence-corrected chi connectivity index (χ2v) is 7.63. The third-order valence-corrected chi connectivity index (χ3v) is 5.70. The van der Waals surface area contributed by atoms with E-state index in [0.29, 0.717) is 30.2 Å². The minimum Gasteiger partial charge on any atom is -0.507 e. The molecule has 1 aliphatic rings. The lowest BCUT2D eigenvalue weighted by molar-refractivity contribution is -0.125. The smallest absolute Gasteiger partial charge is 0.245 e. The van der Waals surface area contributed by atoms with Gasteiger partial charge in [-0.15, -0.1) is 0 Å². The van der Waals surface area contributed by atoms with Gasteiger partial charge in [0.2, 0.25) is 5.91 Å². The van der Waals surface area contributed by atoms with Crippen LogP contribution < -0.4 is 11.5 Å². The fourth-order valence-electron chi connectivity index (χ4n) is 4.11. The molecule has 0 bridgehead atoms. The number of nitrogens with two attached hydrogens (primary N) is 2. The maximum absolute atomic E-state index is 12.3. The van der Waals surface area contributed by atoms with Crippen molar-refractivity contribution in [2.75, 3.05) is 18.8 Å². The van der Waals surface area contributed by atoms with Crippen LogP contribution in [-0.4, -0.2) is 39.0 Å². The molecular formula is C24H25N5O2. The third-order valence-electron chi connectivity index (χ3n) is 5.70. The minimum absolute atomic E-state index is 0.00500. The molecule has 2 atom stereocenters. The lowest BCUT2D eigenvalue weighted by Gasteiger charge is -2.16. The number of amides is 1. The molecule has 6 N–H and O–H groups in total.